The lowest BCUT2D eigenvalue weighted by molar-refractivity contribution is 0.0596. The van der Waals surface area contributed by atoms with Crippen LogP contribution >= 0.6 is 0 Å². The van der Waals surface area contributed by atoms with E-state index in [0.717, 1.165) is 6.42 Å². The second kappa shape index (κ2) is 5.27. The molecule has 0 bridgehead atoms. The van der Waals surface area contributed by atoms with E-state index in [1.165, 1.54) is 7.11 Å². The Bertz CT molecular complexity index is 307. The first-order valence-corrected chi connectivity index (χ1v) is 4.59. The SMILES string of the molecule is CCCOc1ccccc1C(=O)OC. The van der Waals surface area contributed by atoms with Crippen LogP contribution in [0.15, 0.2) is 24.3 Å². The fourth-order valence-electron chi connectivity index (χ4n) is 1.08. The van der Waals surface area contributed by atoms with Gasteiger partial charge in [-0.2, -0.15) is 0 Å². The average molecular weight is 194 g/mol. The Balaban J connectivity index is 2.85. The van der Waals surface area contributed by atoms with Crippen LogP contribution in [0.25, 0.3) is 0 Å². The van der Waals surface area contributed by atoms with Gasteiger partial charge in [-0.05, 0) is 18.6 Å². The molecule has 0 atom stereocenters. The molecule has 0 spiro atoms. The fraction of sp³-hybridized carbons (Fsp3) is 0.364. The van der Waals surface area contributed by atoms with Gasteiger partial charge in [0.1, 0.15) is 11.3 Å². The van der Waals surface area contributed by atoms with E-state index in [1.807, 2.05) is 13.0 Å². The summed E-state index contributed by atoms with van der Waals surface area (Å²) in [6.07, 6.45) is 0.912. The predicted molar refractivity (Wildman–Crippen MR) is 53.6 cm³/mol. The molecule has 14 heavy (non-hydrogen) atoms. The Morgan fingerprint density at radius 3 is 2.71 bits per heavy atom. The van der Waals surface area contributed by atoms with Crippen LogP contribution in [0.3, 0.4) is 0 Å². The van der Waals surface area contributed by atoms with Gasteiger partial charge in [-0.25, -0.2) is 4.79 Å². The zero-order chi connectivity index (χ0) is 10.4. The van der Waals surface area contributed by atoms with Gasteiger partial charge in [0.2, 0.25) is 0 Å². The fourth-order valence-corrected chi connectivity index (χ4v) is 1.08. The van der Waals surface area contributed by atoms with E-state index in [1.54, 1.807) is 18.2 Å². The van der Waals surface area contributed by atoms with E-state index in [0.29, 0.717) is 17.9 Å². The third-order valence-corrected chi connectivity index (χ3v) is 1.75. The van der Waals surface area contributed by atoms with Crippen molar-refractivity contribution in [3.63, 3.8) is 0 Å². The quantitative estimate of drug-likeness (QED) is 0.690. The summed E-state index contributed by atoms with van der Waals surface area (Å²) in [5.74, 6) is 0.220. The van der Waals surface area contributed by atoms with E-state index >= 15 is 0 Å². The Hall–Kier alpha value is -1.51. The van der Waals surface area contributed by atoms with Gasteiger partial charge in [0.05, 0.1) is 13.7 Å². The van der Waals surface area contributed by atoms with Crippen LogP contribution < -0.4 is 4.74 Å². The van der Waals surface area contributed by atoms with Crippen LogP contribution in [0.2, 0.25) is 0 Å². The van der Waals surface area contributed by atoms with Gasteiger partial charge in [-0.15, -0.1) is 0 Å². The van der Waals surface area contributed by atoms with Crippen molar-refractivity contribution in [2.75, 3.05) is 13.7 Å². The zero-order valence-corrected chi connectivity index (χ0v) is 8.45. The molecule has 0 amide bonds. The molecule has 0 aliphatic heterocycles. The molecule has 0 aliphatic carbocycles. The van der Waals surface area contributed by atoms with Gasteiger partial charge in [-0.3, -0.25) is 0 Å². The summed E-state index contributed by atoms with van der Waals surface area (Å²) >= 11 is 0. The number of methoxy groups -OCH3 is 1. The first-order valence-electron chi connectivity index (χ1n) is 4.59. The van der Waals surface area contributed by atoms with Crippen molar-refractivity contribution in [3.8, 4) is 5.75 Å². The molecule has 0 fully saturated rings. The summed E-state index contributed by atoms with van der Waals surface area (Å²) in [4.78, 5) is 11.3. The van der Waals surface area contributed by atoms with Crippen LogP contribution in [0.4, 0.5) is 0 Å². The van der Waals surface area contributed by atoms with Gasteiger partial charge in [0.25, 0.3) is 0 Å². The molecule has 3 heteroatoms. The molecule has 1 aromatic carbocycles. The van der Waals surface area contributed by atoms with Crippen molar-refractivity contribution in [1.82, 2.24) is 0 Å². The van der Waals surface area contributed by atoms with E-state index < -0.39 is 0 Å². The minimum absolute atomic E-state index is 0.364. The number of carbonyl (C=O) groups is 1. The smallest absolute Gasteiger partial charge is 0.341 e. The second-order valence-corrected chi connectivity index (χ2v) is 2.84. The summed E-state index contributed by atoms with van der Waals surface area (Å²) < 4.78 is 10.0. The largest absolute Gasteiger partial charge is 0.493 e. The molecule has 0 saturated carbocycles. The lowest BCUT2D eigenvalue weighted by atomic mass is 10.2. The summed E-state index contributed by atoms with van der Waals surface area (Å²) in [5.41, 5.74) is 0.475. The third-order valence-electron chi connectivity index (χ3n) is 1.75. The molecule has 1 rings (SSSR count). The van der Waals surface area contributed by atoms with E-state index in [9.17, 15) is 4.79 Å². The number of esters is 1. The standard InChI is InChI=1S/C11H14O3/c1-3-8-14-10-7-5-4-6-9(10)11(12)13-2/h4-7H,3,8H2,1-2H3. The lowest BCUT2D eigenvalue weighted by Gasteiger charge is -2.08. The minimum Gasteiger partial charge on any atom is -0.493 e. The number of hydrogen-bond donors (Lipinski definition) is 0. The molecular formula is C11H14O3. The number of hydrogen-bond acceptors (Lipinski definition) is 3. The molecule has 0 heterocycles. The molecule has 0 aromatic heterocycles. The van der Waals surface area contributed by atoms with Crippen LogP contribution in [-0.2, 0) is 4.74 Å². The number of carbonyl (C=O) groups excluding carboxylic acids is 1. The molecular weight excluding hydrogens is 180 g/mol. The molecule has 0 unspecified atom stereocenters. The van der Waals surface area contributed by atoms with Crippen molar-refractivity contribution < 1.29 is 14.3 Å². The maximum Gasteiger partial charge on any atom is 0.341 e. The van der Waals surface area contributed by atoms with Crippen molar-refractivity contribution >= 4 is 5.97 Å². The first kappa shape index (κ1) is 10.6. The average Bonchev–Trinajstić information content (AvgIpc) is 2.25. The number of rotatable bonds is 4. The highest BCUT2D eigenvalue weighted by molar-refractivity contribution is 5.92. The van der Waals surface area contributed by atoms with Gasteiger partial charge >= 0.3 is 5.97 Å². The molecule has 0 saturated heterocycles. The molecule has 0 aliphatic rings. The van der Waals surface area contributed by atoms with Crippen molar-refractivity contribution in [2.24, 2.45) is 0 Å². The number of benzene rings is 1. The summed E-state index contributed by atoms with van der Waals surface area (Å²) in [7, 11) is 1.36. The molecule has 0 N–H and O–H groups in total. The highest BCUT2D eigenvalue weighted by Crippen LogP contribution is 2.18. The third kappa shape index (κ3) is 2.49. The molecule has 0 radical (unpaired) electrons. The Morgan fingerprint density at radius 1 is 1.36 bits per heavy atom. The Morgan fingerprint density at radius 2 is 2.07 bits per heavy atom. The summed E-state index contributed by atoms with van der Waals surface area (Å²) in [5, 5.41) is 0. The highest BCUT2D eigenvalue weighted by Gasteiger charge is 2.11. The summed E-state index contributed by atoms with van der Waals surface area (Å²) in [6.45, 7) is 2.62. The Labute approximate surface area is 83.6 Å². The van der Waals surface area contributed by atoms with Gasteiger partial charge in [-0.1, -0.05) is 19.1 Å². The van der Waals surface area contributed by atoms with Crippen LogP contribution in [0.5, 0.6) is 5.75 Å². The molecule has 76 valence electrons. The minimum atomic E-state index is -0.364. The second-order valence-electron chi connectivity index (χ2n) is 2.84. The molecule has 3 nitrogen and oxygen atoms in total. The van der Waals surface area contributed by atoms with Gasteiger partial charge in [0.15, 0.2) is 0 Å². The zero-order valence-electron chi connectivity index (χ0n) is 8.45. The Kier molecular flexibility index (Phi) is 3.98. The van der Waals surface area contributed by atoms with Crippen molar-refractivity contribution in [3.05, 3.63) is 29.8 Å². The van der Waals surface area contributed by atoms with Crippen LogP contribution in [0.1, 0.15) is 23.7 Å². The van der Waals surface area contributed by atoms with Crippen LogP contribution in [-0.4, -0.2) is 19.7 Å². The topological polar surface area (TPSA) is 35.5 Å². The van der Waals surface area contributed by atoms with Crippen molar-refractivity contribution in [1.29, 1.82) is 0 Å². The van der Waals surface area contributed by atoms with E-state index in [4.69, 9.17) is 4.74 Å². The maximum atomic E-state index is 11.3. The number of ether oxygens (including phenoxy) is 2. The van der Waals surface area contributed by atoms with Crippen molar-refractivity contribution in [2.45, 2.75) is 13.3 Å². The van der Waals surface area contributed by atoms with Gasteiger partial charge in [0, 0.05) is 0 Å². The maximum absolute atomic E-state index is 11.3. The predicted octanol–water partition coefficient (Wildman–Crippen LogP) is 2.26. The first-order chi connectivity index (χ1) is 6.79. The monoisotopic (exact) mass is 194 g/mol. The van der Waals surface area contributed by atoms with Crippen LogP contribution in [0, 0.1) is 0 Å². The van der Waals surface area contributed by atoms with Gasteiger partial charge < -0.3 is 9.47 Å². The summed E-state index contributed by atoms with van der Waals surface area (Å²) in [6, 6.07) is 7.07. The normalized spacial score (nSPS) is 9.57. The number of para-hydroxylation sites is 1. The van der Waals surface area contributed by atoms with E-state index in [-0.39, 0.29) is 5.97 Å². The van der Waals surface area contributed by atoms with E-state index in [2.05, 4.69) is 4.74 Å². The molecule has 1 aromatic rings. The lowest BCUT2D eigenvalue weighted by Crippen LogP contribution is -2.05. The highest BCUT2D eigenvalue weighted by atomic mass is 16.5.